The van der Waals surface area contributed by atoms with Crippen LogP contribution < -0.4 is 24.0 Å². The molecule has 0 aromatic heterocycles. The molecule has 1 nitrogen and oxygen atoms in total. The van der Waals surface area contributed by atoms with Crippen LogP contribution in [0.25, 0.3) is 0 Å². The topological polar surface area (TPSA) is 0 Å². The molecule has 0 amide bonds. The van der Waals surface area contributed by atoms with E-state index in [1.54, 1.807) is 0 Å². The molecule has 2 heteroatoms. The van der Waals surface area contributed by atoms with E-state index < -0.39 is 0 Å². The number of rotatable bonds is 3. The van der Waals surface area contributed by atoms with Crippen LogP contribution in [-0.2, 0) is 6.54 Å². The first-order valence-corrected chi connectivity index (χ1v) is 4.89. The molecule has 0 atom stereocenters. The minimum Gasteiger partial charge on any atom is -1.00 e. The van der Waals surface area contributed by atoms with Crippen molar-refractivity contribution in [2.24, 2.45) is 0 Å². The third-order valence-electron chi connectivity index (χ3n) is 2.83. The van der Waals surface area contributed by atoms with Gasteiger partial charge < -0.3 is 28.5 Å². The maximum atomic E-state index is 2.28. The van der Waals surface area contributed by atoms with Crippen molar-refractivity contribution in [3.63, 3.8) is 0 Å². The summed E-state index contributed by atoms with van der Waals surface area (Å²) in [6, 6.07) is 11.3. The van der Waals surface area contributed by atoms with Crippen molar-refractivity contribution in [3.05, 3.63) is 35.9 Å². The molecule has 0 aliphatic carbocycles. The van der Waals surface area contributed by atoms with Gasteiger partial charge in [0.15, 0.2) is 0 Å². The highest BCUT2D eigenvalue weighted by atomic mass is 127. The zero-order valence-electron chi connectivity index (χ0n) is 9.50. The van der Waals surface area contributed by atoms with Crippen LogP contribution in [-0.4, -0.2) is 24.6 Å². The number of hydrogen-bond acceptors (Lipinski definition) is 0. The first kappa shape index (κ1) is 13.9. The van der Waals surface area contributed by atoms with Crippen molar-refractivity contribution in [1.29, 1.82) is 0 Å². The zero-order valence-corrected chi connectivity index (χ0v) is 11.7. The van der Waals surface area contributed by atoms with Gasteiger partial charge in [-0.25, -0.2) is 0 Å². The predicted molar refractivity (Wildman–Crippen MR) is 57.4 cm³/mol. The van der Waals surface area contributed by atoms with Crippen LogP contribution in [0.15, 0.2) is 30.3 Å². The van der Waals surface area contributed by atoms with Crippen molar-refractivity contribution >= 4 is 0 Å². The average molecular weight is 305 g/mol. The first-order valence-electron chi connectivity index (χ1n) is 4.89. The lowest BCUT2D eigenvalue weighted by Crippen LogP contribution is -3.00. The molecule has 0 unspecified atom stereocenters. The number of benzene rings is 1. The lowest BCUT2D eigenvalue weighted by molar-refractivity contribution is -0.924. The molecule has 0 N–H and O–H groups in total. The molecule has 0 heterocycles. The summed E-state index contributed by atoms with van der Waals surface area (Å²) in [5, 5.41) is 0. The van der Waals surface area contributed by atoms with Crippen molar-refractivity contribution in [2.75, 3.05) is 14.1 Å². The summed E-state index contributed by atoms with van der Waals surface area (Å²) in [4.78, 5) is 0. The minimum absolute atomic E-state index is 0. The Labute approximate surface area is 105 Å². The Morgan fingerprint density at radius 2 is 1.57 bits per heavy atom. The van der Waals surface area contributed by atoms with E-state index in [-0.39, 0.29) is 24.0 Å². The summed E-state index contributed by atoms with van der Waals surface area (Å²) in [6.07, 6.45) is 0. The highest BCUT2D eigenvalue weighted by Gasteiger charge is 2.19. The van der Waals surface area contributed by atoms with Gasteiger partial charge in [-0.1, -0.05) is 30.3 Å². The van der Waals surface area contributed by atoms with E-state index in [9.17, 15) is 0 Å². The number of hydrogen-bond donors (Lipinski definition) is 0. The third kappa shape index (κ3) is 3.96. The quantitative estimate of drug-likeness (QED) is 0.530. The summed E-state index contributed by atoms with van der Waals surface area (Å²) in [6.45, 7) is 5.64. The second-order valence-electron chi connectivity index (χ2n) is 4.52. The van der Waals surface area contributed by atoms with Gasteiger partial charge in [0.05, 0.1) is 20.1 Å². The van der Waals surface area contributed by atoms with Gasteiger partial charge in [-0.05, 0) is 13.8 Å². The number of nitrogens with zero attached hydrogens (tertiary/aromatic N) is 1. The average Bonchev–Trinajstić information content (AvgIpc) is 2.05. The molecule has 0 bridgehead atoms. The summed E-state index contributed by atoms with van der Waals surface area (Å²) in [5.41, 5.74) is 1.42. The molecule has 0 radical (unpaired) electrons. The van der Waals surface area contributed by atoms with E-state index in [4.69, 9.17) is 0 Å². The molecular weight excluding hydrogens is 285 g/mol. The lowest BCUT2D eigenvalue weighted by Gasteiger charge is -2.34. The fourth-order valence-corrected chi connectivity index (χ4v) is 1.24. The molecular formula is C12H20IN. The third-order valence-corrected chi connectivity index (χ3v) is 2.83. The number of quaternary nitrogens is 1. The second kappa shape index (κ2) is 5.71. The van der Waals surface area contributed by atoms with E-state index >= 15 is 0 Å². The fourth-order valence-electron chi connectivity index (χ4n) is 1.24. The molecule has 1 rings (SSSR count). The maximum Gasteiger partial charge on any atom is 0.104 e. The number of halogens is 1. The van der Waals surface area contributed by atoms with Crippen LogP contribution in [0.1, 0.15) is 19.4 Å². The van der Waals surface area contributed by atoms with Crippen molar-refractivity contribution in [1.82, 2.24) is 0 Å². The Balaban J connectivity index is 0.00000169. The lowest BCUT2D eigenvalue weighted by atomic mass is 10.1. The Bertz CT molecular complexity index is 254. The van der Waals surface area contributed by atoms with Crippen molar-refractivity contribution in [3.8, 4) is 0 Å². The van der Waals surface area contributed by atoms with E-state index in [2.05, 4.69) is 58.3 Å². The second-order valence-corrected chi connectivity index (χ2v) is 4.52. The van der Waals surface area contributed by atoms with E-state index in [0.717, 1.165) is 11.0 Å². The maximum absolute atomic E-state index is 2.28. The Hall–Kier alpha value is -0.0900. The molecule has 1 aromatic rings. The molecule has 14 heavy (non-hydrogen) atoms. The molecule has 0 fully saturated rings. The van der Waals surface area contributed by atoms with Crippen LogP contribution in [0.4, 0.5) is 0 Å². The smallest absolute Gasteiger partial charge is 0.104 e. The van der Waals surface area contributed by atoms with E-state index in [0.29, 0.717) is 6.04 Å². The zero-order chi connectivity index (χ0) is 9.90. The largest absolute Gasteiger partial charge is 1.00 e. The summed E-state index contributed by atoms with van der Waals surface area (Å²) in [5.74, 6) is 0. The van der Waals surface area contributed by atoms with Gasteiger partial charge in [-0.2, -0.15) is 0 Å². The van der Waals surface area contributed by atoms with Gasteiger partial charge in [-0.15, -0.1) is 0 Å². The molecule has 0 spiro atoms. The highest BCUT2D eigenvalue weighted by molar-refractivity contribution is 5.13. The fraction of sp³-hybridized carbons (Fsp3) is 0.500. The summed E-state index contributed by atoms with van der Waals surface area (Å²) in [7, 11) is 4.55. The van der Waals surface area contributed by atoms with Gasteiger partial charge in [0.1, 0.15) is 6.54 Å². The molecule has 0 aliphatic heterocycles. The van der Waals surface area contributed by atoms with Gasteiger partial charge in [0, 0.05) is 5.56 Å². The molecule has 0 aliphatic rings. The monoisotopic (exact) mass is 305 g/mol. The summed E-state index contributed by atoms with van der Waals surface area (Å²) >= 11 is 0. The van der Waals surface area contributed by atoms with Crippen LogP contribution in [0, 0.1) is 0 Å². The van der Waals surface area contributed by atoms with E-state index in [1.807, 2.05) is 0 Å². The molecule has 1 aromatic carbocycles. The first-order chi connectivity index (χ1) is 6.02. The molecule has 0 saturated carbocycles. The van der Waals surface area contributed by atoms with Crippen LogP contribution in [0.5, 0.6) is 0 Å². The van der Waals surface area contributed by atoms with Gasteiger partial charge in [-0.3, -0.25) is 0 Å². The highest BCUT2D eigenvalue weighted by Crippen LogP contribution is 2.12. The normalized spacial score (nSPS) is 11.2. The van der Waals surface area contributed by atoms with Crippen LogP contribution in [0.2, 0.25) is 0 Å². The SMILES string of the molecule is CC(C)[N+](C)(C)Cc1ccccc1.[I-]. The van der Waals surface area contributed by atoms with Crippen LogP contribution in [0.3, 0.4) is 0 Å². The molecule has 0 saturated heterocycles. The Kier molecular flexibility index (Phi) is 5.67. The van der Waals surface area contributed by atoms with Gasteiger partial charge in [0.2, 0.25) is 0 Å². The van der Waals surface area contributed by atoms with Crippen molar-refractivity contribution in [2.45, 2.75) is 26.4 Å². The van der Waals surface area contributed by atoms with E-state index in [1.165, 1.54) is 5.56 Å². The van der Waals surface area contributed by atoms with Gasteiger partial charge >= 0.3 is 0 Å². The molecule has 80 valence electrons. The predicted octanol–water partition coefficient (Wildman–Crippen LogP) is -0.325. The minimum atomic E-state index is 0. The Morgan fingerprint density at radius 1 is 1.07 bits per heavy atom. The van der Waals surface area contributed by atoms with Crippen LogP contribution >= 0.6 is 0 Å². The van der Waals surface area contributed by atoms with Crippen molar-refractivity contribution < 1.29 is 28.5 Å². The summed E-state index contributed by atoms with van der Waals surface area (Å²) < 4.78 is 1.05. The van der Waals surface area contributed by atoms with Gasteiger partial charge in [0.25, 0.3) is 0 Å². The standard InChI is InChI=1S/C12H20N.HI/c1-11(2)13(3,4)10-12-8-6-5-7-9-12;/h5-9,11H,10H2,1-4H3;1H/q+1;/p-1. The Morgan fingerprint density at radius 3 is 2.00 bits per heavy atom.